The molecule has 0 spiro atoms. The zero-order valence-corrected chi connectivity index (χ0v) is 19.1. The lowest BCUT2D eigenvalue weighted by molar-refractivity contribution is -0.117. The number of ether oxygens (including phenoxy) is 2. The number of carbonyl (C=O) groups excluding carboxylic acids is 2. The fraction of sp³-hybridized carbons (Fsp3) is 0.391. The van der Waals surface area contributed by atoms with Crippen molar-refractivity contribution >= 4 is 29.1 Å². The maximum absolute atomic E-state index is 12.9. The van der Waals surface area contributed by atoms with Crippen LogP contribution >= 0.6 is 11.6 Å². The van der Waals surface area contributed by atoms with Crippen LogP contribution < -0.4 is 14.8 Å². The molecule has 0 aliphatic carbocycles. The molecule has 1 aliphatic rings. The van der Waals surface area contributed by atoms with Gasteiger partial charge in [-0.1, -0.05) is 23.7 Å². The van der Waals surface area contributed by atoms with Crippen molar-refractivity contribution in [3.05, 3.63) is 52.0 Å². The van der Waals surface area contributed by atoms with E-state index < -0.39 is 0 Å². The molecule has 1 N–H and O–H groups in total. The van der Waals surface area contributed by atoms with Crippen molar-refractivity contribution in [1.82, 2.24) is 9.80 Å². The Balaban J connectivity index is 1.57. The Kier molecular flexibility index (Phi) is 7.41. The average Bonchev–Trinajstić information content (AvgIpc) is 2.76. The third-order valence-electron chi connectivity index (χ3n) is 5.59. The largest absolute Gasteiger partial charge is 0.493 e. The van der Waals surface area contributed by atoms with Crippen LogP contribution in [0.15, 0.2) is 30.3 Å². The number of carbonyl (C=O) groups is 2. The summed E-state index contributed by atoms with van der Waals surface area (Å²) in [6, 6.07) is 9.09. The summed E-state index contributed by atoms with van der Waals surface area (Å²) in [4.78, 5) is 29.2. The van der Waals surface area contributed by atoms with Crippen LogP contribution in [0.4, 0.5) is 5.69 Å². The molecule has 0 atom stereocenters. The van der Waals surface area contributed by atoms with Crippen LogP contribution in [0.1, 0.15) is 21.5 Å². The molecule has 0 unspecified atom stereocenters. The highest BCUT2D eigenvalue weighted by molar-refractivity contribution is 6.32. The first-order valence-electron chi connectivity index (χ1n) is 10.1. The first-order valence-corrected chi connectivity index (χ1v) is 10.5. The number of nitrogens with one attached hydrogen (secondary N) is 1. The molecule has 1 fully saturated rings. The van der Waals surface area contributed by atoms with Crippen molar-refractivity contribution in [2.75, 3.05) is 52.3 Å². The topological polar surface area (TPSA) is 71.1 Å². The second-order valence-corrected chi connectivity index (χ2v) is 7.96. The smallest absolute Gasteiger partial charge is 0.254 e. The maximum atomic E-state index is 12.9. The standard InChI is InChI=1S/C23H28ClN3O4/c1-15-6-5-7-19(16(15)2)25-21(28)14-26-8-10-27(11-9-26)23(29)17-12-18(24)22(31-4)20(13-17)30-3/h5-7,12-13H,8-11,14H2,1-4H3,(H,25,28). The SMILES string of the molecule is COc1cc(C(=O)N2CCN(CC(=O)Nc3cccc(C)c3C)CC2)cc(Cl)c1OC. The summed E-state index contributed by atoms with van der Waals surface area (Å²) in [7, 11) is 3.01. The van der Waals surface area contributed by atoms with E-state index in [4.69, 9.17) is 21.1 Å². The molecule has 0 bridgehead atoms. The van der Waals surface area contributed by atoms with Gasteiger partial charge in [-0.3, -0.25) is 14.5 Å². The number of halogens is 1. The highest BCUT2D eigenvalue weighted by atomic mass is 35.5. The van der Waals surface area contributed by atoms with Gasteiger partial charge in [-0.15, -0.1) is 0 Å². The molecule has 0 saturated carbocycles. The fourth-order valence-electron chi connectivity index (χ4n) is 3.61. The molecule has 1 saturated heterocycles. The molecule has 3 rings (SSSR count). The third-order valence-corrected chi connectivity index (χ3v) is 5.87. The van der Waals surface area contributed by atoms with Crippen LogP contribution in [0.25, 0.3) is 0 Å². The number of benzene rings is 2. The lowest BCUT2D eigenvalue weighted by Crippen LogP contribution is -2.50. The van der Waals surface area contributed by atoms with Gasteiger partial charge in [0, 0.05) is 37.4 Å². The van der Waals surface area contributed by atoms with Crippen LogP contribution in [-0.4, -0.2) is 68.6 Å². The van der Waals surface area contributed by atoms with Gasteiger partial charge >= 0.3 is 0 Å². The highest BCUT2D eigenvalue weighted by Gasteiger charge is 2.25. The van der Waals surface area contributed by atoms with Crippen molar-refractivity contribution in [2.24, 2.45) is 0 Å². The van der Waals surface area contributed by atoms with Gasteiger partial charge in [0.15, 0.2) is 11.5 Å². The molecule has 2 amide bonds. The lowest BCUT2D eigenvalue weighted by Gasteiger charge is -2.34. The summed E-state index contributed by atoms with van der Waals surface area (Å²) in [6.07, 6.45) is 0. The molecule has 7 nitrogen and oxygen atoms in total. The highest BCUT2D eigenvalue weighted by Crippen LogP contribution is 2.36. The summed E-state index contributed by atoms with van der Waals surface area (Å²) in [5, 5.41) is 3.31. The predicted octanol–water partition coefficient (Wildman–Crippen LogP) is 3.37. The number of piperazine rings is 1. The number of nitrogens with zero attached hydrogens (tertiary/aromatic N) is 2. The molecule has 8 heteroatoms. The molecule has 166 valence electrons. The van der Waals surface area contributed by atoms with Gasteiger partial charge in [-0.2, -0.15) is 0 Å². The summed E-state index contributed by atoms with van der Waals surface area (Å²) in [6.45, 7) is 6.60. The molecule has 2 aromatic carbocycles. The molecule has 1 aliphatic heterocycles. The number of anilines is 1. The number of amides is 2. The Hall–Kier alpha value is -2.77. The third kappa shape index (κ3) is 5.29. The summed E-state index contributed by atoms with van der Waals surface area (Å²) in [5.74, 6) is 0.642. The van der Waals surface area contributed by atoms with Crippen LogP contribution in [-0.2, 0) is 4.79 Å². The van der Waals surface area contributed by atoms with E-state index in [1.807, 2.05) is 36.9 Å². The van der Waals surface area contributed by atoms with Crippen LogP contribution in [0.5, 0.6) is 11.5 Å². The monoisotopic (exact) mass is 445 g/mol. The van der Waals surface area contributed by atoms with Crippen molar-refractivity contribution in [3.8, 4) is 11.5 Å². The molecule has 2 aromatic rings. The normalized spacial score (nSPS) is 14.3. The zero-order valence-electron chi connectivity index (χ0n) is 18.3. The van der Waals surface area contributed by atoms with Gasteiger partial charge in [0.2, 0.25) is 5.91 Å². The van der Waals surface area contributed by atoms with E-state index in [0.29, 0.717) is 48.3 Å². The zero-order chi connectivity index (χ0) is 22.5. The molecule has 31 heavy (non-hydrogen) atoms. The van der Waals surface area contributed by atoms with Gasteiger partial charge in [0.05, 0.1) is 25.8 Å². The Bertz CT molecular complexity index is 972. The number of methoxy groups -OCH3 is 2. The Morgan fingerprint density at radius 3 is 2.42 bits per heavy atom. The van der Waals surface area contributed by atoms with E-state index in [2.05, 4.69) is 5.32 Å². The first kappa shape index (κ1) is 22.9. The lowest BCUT2D eigenvalue weighted by atomic mass is 10.1. The fourth-order valence-corrected chi connectivity index (χ4v) is 3.90. The van der Waals surface area contributed by atoms with Crippen LogP contribution in [0.3, 0.4) is 0 Å². The minimum atomic E-state index is -0.123. The Morgan fingerprint density at radius 2 is 1.77 bits per heavy atom. The van der Waals surface area contributed by atoms with Crippen molar-refractivity contribution in [1.29, 1.82) is 0 Å². The van der Waals surface area contributed by atoms with E-state index in [1.165, 1.54) is 14.2 Å². The van der Waals surface area contributed by atoms with E-state index in [0.717, 1.165) is 16.8 Å². The van der Waals surface area contributed by atoms with Crippen LogP contribution in [0, 0.1) is 13.8 Å². The summed E-state index contributed by atoms with van der Waals surface area (Å²) >= 11 is 6.24. The minimum Gasteiger partial charge on any atom is -0.493 e. The Labute approximate surface area is 187 Å². The second kappa shape index (κ2) is 10.0. The average molecular weight is 446 g/mol. The van der Waals surface area contributed by atoms with Crippen molar-refractivity contribution in [3.63, 3.8) is 0 Å². The summed E-state index contributed by atoms with van der Waals surface area (Å²) in [5.41, 5.74) is 3.49. The van der Waals surface area contributed by atoms with Gasteiger partial charge < -0.3 is 19.7 Å². The molecular weight excluding hydrogens is 418 g/mol. The quantitative estimate of drug-likeness (QED) is 0.738. The predicted molar refractivity (Wildman–Crippen MR) is 121 cm³/mol. The molecule has 1 heterocycles. The number of aryl methyl sites for hydroxylation is 1. The Morgan fingerprint density at radius 1 is 1.06 bits per heavy atom. The van der Waals surface area contributed by atoms with Gasteiger partial charge in [0.25, 0.3) is 5.91 Å². The number of hydrogen-bond acceptors (Lipinski definition) is 5. The van der Waals surface area contributed by atoms with E-state index in [1.54, 1.807) is 17.0 Å². The molecular formula is C23H28ClN3O4. The van der Waals surface area contributed by atoms with Gasteiger partial charge in [0.1, 0.15) is 0 Å². The number of rotatable bonds is 6. The second-order valence-electron chi connectivity index (χ2n) is 7.56. The number of hydrogen-bond donors (Lipinski definition) is 1. The summed E-state index contributed by atoms with van der Waals surface area (Å²) < 4.78 is 10.5. The minimum absolute atomic E-state index is 0.0554. The van der Waals surface area contributed by atoms with Gasteiger partial charge in [-0.05, 0) is 43.2 Å². The van der Waals surface area contributed by atoms with Crippen molar-refractivity contribution < 1.29 is 19.1 Å². The van der Waals surface area contributed by atoms with E-state index in [9.17, 15) is 9.59 Å². The van der Waals surface area contributed by atoms with Crippen LogP contribution in [0.2, 0.25) is 5.02 Å². The van der Waals surface area contributed by atoms with Crippen molar-refractivity contribution in [2.45, 2.75) is 13.8 Å². The molecule has 0 aromatic heterocycles. The maximum Gasteiger partial charge on any atom is 0.254 e. The van der Waals surface area contributed by atoms with E-state index >= 15 is 0 Å². The molecule has 0 radical (unpaired) electrons. The van der Waals surface area contributed by atoms with Gasteiger partial charge in [-0.25, -0.2) is 0 Å². The first-order chi connectivity index (χ1) is 14.8. The van der Waals surface area contributed by atoms with E-state index in [-0.39, 0.29) is 18.4 Å².